The molecule has 1 aromatic heterocycles. The van der Waals surface area contributed by atoms with Crippen molar-refractivity contribution in [3.63, 3.8) is 0 Å². The molecule has 1 amide bonds. The smallest absolute Gasteiger partial charge is 0.407 e. The minimum Gasteiger partial charge on any atom is -0.449 e. The second kappa shape index (κ2) is 14.1. The van der Waals surface area contributed by atoms with Gasteiger partial charge >= 0.3 is 6.09 Å². The average molecular weight is 442 g/mol. The van der Waals surface area contributed by atoms with Crippen LogP contribution in [0.2, 0.25) is 0 Å². The molecule has 0 radical (unpaired) electrons. The third kappa shape index (κ3) is 11.3. The van der Waals surface area contributed by atoms with Crippen LogP contribution in [0.25, 0.3) is 0 Å². The quantitative estimate of drug-likeness (QED) is 0.234. The minimum atomic E-state index is -1.02. The van der Waals surface area contributed by atoms with Crippen LogP contribution in [0.4, 0.5) is 4.79 Å². The molecule has 5 nitrogen and oxygen atoms in total. The van der Waals surface area contributed by atoms with E-state index in [9.17, 15) is 4.79 Å². The Kier molecular flexibility index (Phi) is 12.6. The summed E-state index contributed by atoms with van der Waals surface area (Å²) in [5.41, 5.74) is 0.673. The van der Waals surface area contributed by atoms with Gasteiger partial charge in [0.15, 0.2) is 5.89 Å². The van der Waals surface area contributed by atoms with Crippen molar-refractivity contribution in [1.82, 2.24) is 10.3 Å². The zero-order chi connectivity index (χ0) is 22.5. The zero-order valence-electron chi connectivity index (χ0n) is 20.4. The van der Waals surface area contributed by atoms with Gasteiger partial charge in [-0.1, -0.05) is 40.0 Å². The normalized spacial score (nSPS) is 12.2. The van der Waals surface area contributed by atoms with E-state index >= 15 is 0 Å². The van der Waals surface area contributed by atoms with E-state index < -0.39 is 12.9 Å². The van der Waals surface area contributed by atoms with Gasteiger partial charge in [0.25, 0.3) is 0 Å². The summed E-state index contributed by atoms with van der Waals surface area (Å²) in [5, 5.41) is 2.80. The van der Waals surface area contributed by atoms with Gasteiger partial charge < -0.3 is 14.5 Å². The zero-order valence-corrected chi connectivity index (χ0v) is 21.3. The van der Waals surface area contributed by atoms with E-state index in [1.165, 1.54) is 57.0 Å². The van der Waals surface area contributed by atoms with E-state index in [0.29, 0.717) is 6.54 Å². The number of hydrogen-bond donors (Lipinski definition) is 1. The Morgan fingerprint density at radius 1 is 1.03 bits per heavy atom. The molecular formula is C24H46N2O3P+. The van der Waals surface area contributed by atoms with Crippen LogP contribution in [0.15, 0.2) is 10.7 Å². The highest BCUT2D eigenvalue weighted by Gasteiger charge is 2.36. The molecule has 1 rings (SSSR count). The maximum atomic E-state index is 11.7. The van der Waals surface area contributed by atoms with Crippen molar-refractivity contribution in [2.75, 3.05) is 25.0 Å². The standard InChI is InChI=1S/C24H45N2O3P/c1-7-10-16-30(17-11-8-2,18-12-9-3)20-21-19-28-22(26-21)14-13-15-25-23(27)29-24(4,5)6/h19H,7-18,20H2,1-6H3/p+1. The number of nitrogens with zero attached hydrogens (tertiary/aromatic N) is 1. The summed E-state index contributed by atoms with van der Waals surface area (Å²) in [6.45, 7) is 13.1. The van der Waals surface area contributed by atoms with Gasteiger partial charge in [0, 0.05) is 20.2 Å². The number of nitrogens with one attached hydrogen (secondary N) is 1. The minimum absolute atomic E-state index is 0.368. The third-order valence-corrected chi connectivity index (χ3v) is 10.1. The first kappa shape index (κ1) is 26.9. The summed E-state index contributed by atoms with van der Waals surface area (Å²) < 4.78 is 11.0. The van der Waals surface area contributed by atoms with E-state index in [2.05, 4.69) is 26.1 Å². The number of aromatic nitrogens is 1. The van der Waals surface area contributed by atoms with E-state index in [4.69, 9.17) is 14.1 Å². The summed E-state index contributed by atoms with van der Waals surface area (Å²) in [6.07, 6.45) is 16.2. The number of rotatable bonds is 15. The summed E-state index contributed by atoms with van der Waals surface area (Å²) in [7, 11) is -1.02. The van der Waals surface area contributed by atoms with Crippen molar-refractivity contribution in [3.8, 4) is 0 Å². The number of unbranched alkanes of at least 4 members (excludes halogenated alkanes) is 3. The van der Waals surface area contributed by atoms with Crippen LogP contribution in [0, 0.1) is 0 Å². The Hall–Kier alpha value is -1.09. The van der Waals surface area contributed by atoms with E-state index in [1.807, 2.05) is 27.0 Å². The number of carbonyl (C=O) groups excluding carboxylic acids is 1. The molecule has 0 spiro atoms. The molecule has 6 heteroatoms. The number of carbonyl (C=O) groups is 1. The molecule has 1 heterocycles. The number of oxazole rings is 1. The lowest BCUT2D eigenvalue weighted by molar-refractivity contribution is 0.0527. The molecule has 0 bridgehead atoms. The number of ether oxygens (including phenoxy) is 1. The Bertz CT molecular complexity index is 574. The first-order chi connectivity index (χ1) is 14.2. The summed E-state index contributed by atoms with van der Waals surface area (Å²) in [5.74, 6) is 0.788. The monoisotopic (exact) mass is 441 g/mol. The molecule has 0 atom stereocenters. The molecule has 1 N–H and O–H groups in total. The SMILES string of the molecule is CCCC[P+](CCCC)(CCCC)Cc1coc(CCCNC(=O)OC(C)(C)C)n1. The lowest BCUT2D eigenvalue weighted by atomic mass is 10.2. The van der Waals surface area contributed by atoms with Gasteiger partial charge in [0.2, 0.25) is 0 Å². The number of hydrogen-bond acceptors (Lipinski definition) is 4. The molecule has 0 saturated heterocycles. The van der Waals surface area contributed by atoms with Crippen molar-refractivity contribution in [3.05, 3.63) is 17.8 Å². The van der Waals surface area contributed by atoms with Crippen molar-refractivity contribution < 1.29 is 13.9 Å². The molecule has 0 aliphatic heterocycles. The maximum absolute atomic E-state index is 11.7. The van der Waals surface area contributed by atoms with Crippen molar-refractivity contribution >= 4 is 13.4 Å². The maximum Gasteiger partial charge on any atom is 0.407 e. The van der Waals surface area contributed by atoms with Gasteiger partial charge in [-0.2, -0.15) is 0 Å². The number of aryl methyl sites for hydroxylation is 1. The fourth-order valence-corrected chi connectivity index (χ4v) is 8.62. The molecule has 0 fully saturated rings. The molecule has 0 unspecified atom stereocenters. The Morgan fingerprint density at radius 3 is 2.10 bits per heavy atom. The average Bonchev–Trinajstić information content (AvgIpc) is 3.12. The van der Waals surface area contributed by atoms with E-state index in [0.717, 1.165) is 30.6 Å². The van der Waals surface area contributed by atoms with Crippen LogP contribution >= 0.6 is 7.26 Å². The number of alkyl carbamates (subject to hydrolysis) is 1. The van der Waals surface area contributed by atoms with Crippen LogP contribution in [-0.4, -0.2) is 41.7 Å². The van der Waals surface area contributed by atoms with Crippen LogP contribution in [0.3, 0.4) is 0 Å². The Morgan fingerprint density at radius 2 is 1.60 bits per heavy atom. The molecule has 1 aromatic rings. The summed E-state index contributed by atoms with van der Waals surface area (Å²) in [4.78, 5) is 16.5. The van der Waals surface area contributed by atoms with Crippen LogP contribution < -0.4 is 5.32 Å². The predicted octanol–water partition coefficient (Wildman–Crippen LogP) is 7.05. The lowest BCUT2D eigenvalue weighted by Crippen LogP contribution is -2.33. The summed E-state index contributed by atoms with van der Waals surface area (Å²) in [6, 6.07) is 0. The highest BCUT2D eigenvalue weighted by Crippen LogP contribution is 2.63. The second-order valence-electron chi connectivity index (χ2n) is 9.50. The first-order valence-corrected chi connectivity index (χ1v) is 14.5. The fourth-order valence-electron chi connectivity index (χ4n) is 3.68. The van der Waals surface area contributed by atoms with Crippen molar-refractivity contribution in [2.45, 2.75) is 105 Å². The van der Waals surface area contributed by atoms with E-state index in [1.54, 1.807) is 0 Å². The molecule has 0 aliphatic rings. The molecular weight excluding hydrogens is 395 g/mol. The van der Waals surface area contributed by atoms with Crippen molar-refractivity contribution in [1.29, 1.82) is 0 Å². The molecule has 174 valence electrons. The van der Waals surface area contributed by atoms with Gasteiger partial charge in [0.05, 0.1) is 18.5 Å². The summed E-state index contributed by atoms with van der Waals surface area (Å²) >= 11 is 0. The van der Waals surface area contributed by atoms with Crippen molar-refractivity contribution in [2.24, 2.45) is 0 Å². The highest BCUT2D eigenvalue weighted by molar-refractivity contribution is 7.75. The highest BCUT2D eigenvalue weighted by atomic mass is 31.2. The Balaban J connectivity index is 2.61. The van der Waals surface area contributed by atoms with Gasteiger partial charge in [-0.3, -0.25) is 0 Å². The van der Waals surface area contributed by atoms with Crippen LogP contribution in [0.1, 0.15) is 98.1 Å². The fraction of sp³-hybridized carbons (Fsp3) is 0.833. The third-order valence-electron chi connectivity index (χ3n) is 5.29. The van der Waals surface area contributed by atoms with Crippen LogP contribution in [-0.2, 0) is 17.3 Å². The van der Waals surface area contributed by atoms with Gasteiger partial charge in [0.1, 0.15) is 23.7 Å². The predicted molar refractivity (Wildman–Crippen MR) is 129 cm³/mol. The number of amides is 1. The lowest BCUT2D eigenvalue weighted by Gasteiger charge is -2.27. The van der Waals surface area contributed by atoms with Gasteiger partial charge in [-0.15, -0.1) is 0 Å². The molecule has 0 aromatic carbocycles. The molecule has 30 heavy (non-hydrogen) atoms. The van der Waals surface area contributed by atoms with Gasteiger partial charge in [-0.25, -0.2) is 9.78 Å². The van der Waals surface area contributed by atoms with E-state index in [-0.39, 0.29) is 6.09 Å². The largest absolute Gasteiger partial charge is 0.449 e. The first-order valence-electron chi connectivity index (χ1n) is 12.0. The second-order valence-corrected chi connectivity index (χ2v) is 13.8. The van der Waals surface area contributed by atoms with Gasteiger partial charge in [-0.05, 0) is 46.5 Å². The molecule has 0 aliphatic carbocycles. The Labute approximate surface area is 185 Å². The van der Waals surface area contributed by atoms with Crippen LogP contribution in [0.5, 0.6) is 0 Å². The molecule has 0 saturated carbocycles. The topological polar surface area (TPSA) is 64.4 Å².